The van der Waals surface area contributed by atoms with Crippen molar-refractivity contribution in [2.75, 3.05) is 0 Å². The SMILES string of the molecule is Cc1[nH]c(=S)sc1CC(=O)NCc1ccncc1. The van der Waals surface area contributed by atoms with Crippen molar-refractivity contribution >= 4 is 29.5 Å². The molecule has 0 saturated heterocycles. The lowest BCUT2D eigenvalue weighted by Gasteiger charge is -2.04. The van der Waals surface area contributed by atoms with Gasteiger partial charge in [0.15, 0.2) is 3.95 Å². The monoisotopic (exact) mass is 279 g/mol. The van der Waals surface area contributed by atoms with Gasteiger partial charge in [-0.15, -0.1) is 11.3 Å². The number of aromatic nitrogens is 2. The molecule has 2 aromatic rings. The first kappa shape index (κ1) is 12.9. The van der Waals surface area contributed by atoms with Crippen LogP contribution in [0.25, 0.3) is 0 Å². The van der Waals surface area contributed by atoms with Crippen LogP contribution in [0.4, 0.5) is 0 Å². The van der Waals surface area contributed by atoms with Gasteiger partial charge in [0.2, 0.25) is 5.91 Å². The first-order chi connectivity index (χ1) is 8.65. The van der Waals surface area contributed by atoms with E-state index in [-0.39, 0.29) is 5.91 Å². The first-order valence-corrected chi connectivity index (χ1v) is 6.72. The number of aromatic amines is 1. The molecule has 0 bridgehead atoms. The van der Waals surface area contributed by atoms with Crippen LogP contribution in [0.15, 0.2) is 24.5 Å². The van der Waals surface area contributed by atoms with Gasteiger partial charge in [0, 0.05) is 29.5 Å². The number of hydrogen-bond donors (Lipinski definition) is 2. The van der Waals surface area contributed by atoms with Crippen LogP contribution in [0.1, 0.15) is 16.1 Å². The highest BCUT2D eigenvalue weighted by atomic mass is 32.1. The summed E-state index contributed by atoms with van der Waals surface area (Å²) in [5.74, 6) is 0.000150. The normalized spacial score (nSPS) is 10.3. The fourth-order valence-corrected chi connectivity index (χ4v) is 2.81. The smallest absolute Gasteiger partial charge is 0.225 e. The molecule has 94 valence electrons. The molecule has 2 heterocycles. The van der Waals surface area contributed by atoms with Gasteiger partial charge < -0.3 is 10.3 Å². The summed E-state index contributed by atoms with van der Waals surface area (Å²) in [5, 5.41) is 2.88. The molecule has 0 saturated carbocycles. The molecule has 0 unspecified atom stereocenters. The maximum atomic E-state index is 11.8. The van der Waals surface area contributed by atoms with Gasteiger partial charge in [0.1, 0.15) is 0 Å². The summed E-state index contributed by atoms with van der Waals surface area (Å²) in [5.41, 5.74) is 2.01. The van der Waals surface area contributed by atoms with Crippen LogP contribution in [0.2, 0.25) is 0 Å². The Balaban J connectivity index is 1.90. The number of nitrogens with zero attached hydrogens (tertiary/aromatic N) is 1. The van der Waals surface area contributed by atoms with Crippen LogP contribution in [0, 0.1) is 10.9 Å². The largest absolute Gasteiger partial charge is 0.352 e. The Morgan fingerprint density at radius 1 is 1.50 bits per heavy atom. The third-order valence-corrected chi connectivity index (χ3v) is 3.82. The van der Waals surface area contributed by atoms with Crippen LogP contribution >= 0.6 is 23.6 Å². The molecule has 18 heavy (non-hydrogen) atoms. The number of thiazole rings is 1. The molecule has 6 heteroatoms. The third-order valence-electron chi connectivity index (χ3n) is 2.48. The Kier molecular flexibility index (Phi) is 4.22. The van der Waals surface area contributed by atoms with Crippen molar-refractivity contribution in [2.24, 2.45) is 0 Å². The molecule has 0 fully saturated rings. The lowest BCUT2D eigenvalue weighted by atomic mass is 10.2. The van der Waals surface area contributed by atoms with Gasteiger partial charge in [-0.1, -0.05) is 0 Å². The molecule has 1 amide bonds. The van der Waals surface area contributed by atoms with Crippen LogP contribution in [-0.2, 0) is 17.8 Å². The molecule has 2 N–H and O–H groups in total. The van der Waals surface area contributed by atoms with Crippen LogP contribution in [0.5, 0.6) is 0 Å². The Hall–Kier alpha value is -1.53. The average molecular weight is 279 g/mol. The lowest BCUT2D eigenvalue weighted by Crippen LogP contribution is -2.24. The molecule has 2 rings (SSSR count). The van der Waals surface area contributed by atoms with E-state index in [1.165, 1.54) is 11.3 Å². The summed E-state index contributed by atoms with van der Waals surface area (Å²) < 4.78 is 0.712. The second-order valence-corrected chi connectivity index (χ2v) is 5.64. The maximum absolute atomic E-state index is 11.8. The fraction of sp³-hybridized carbons (Fsp3) is 0.250. The molecule has 0 atom stereocenters. The highest BCUT2D eigenvalue weighted by Gasteiger charge is 2.08. The molecular formula is C12H13N3OS2. The minimum Gasteiger partial charge on any atom is -0.352 e. The molecule has 0 radical (unpaired) electrons. The number of carbonyl (C=O) groups excluding carboxylic acids is 1. The van der Waals surface area contributed by atoms with Crippen molar-refractivity contribution in [3.63, 3.8) is 0 Å². The van der Waals surface area contributed by atoms with E-state index < -0.39 is 0 Å². The van der Waals surface area contributed by atoms with Crippen molar-refractivity contribution < 1.29 is 4.79 Å². The van der Waals surface area contributed by atoms with Gasteiger partial charge in [-0.2, -0.15) is 0 Å². The van der Waals surface area contributed by atoms with Crippen molar-refractivity contribution in [1.82, 2.24) is 15.3 Å². The molecule has 4 nitrogen and oxygen atoms in total. The van der Waals surface area contributed by atoms with E-state index in [1.807, 2.05) is 19.1 Å². The minimum atomic E-state index is 0.000150. The standard InChI is InChI=1S/C12H13N3OS2/c1-8-10(18-12(17)15-8)6-11(16)14-7-9-2-4-13-5-3-9/h2-5H,6-7H2,1H3,(H,14,16)(H,15,17). The summed E-state index contributed by atoms with van der Waals surface area (Å²) in [6, 6.07) is 3.76. The van der Waals surface area contributed by atoms with E-state index in [0.717, 1.165) is 16.1 Å². The Morgan fingerprint density at radius 3 is 2.83 bits per heavy atom. The lowest BCUT2D eigenvalue weighted by molar-refractivity contribution is -0.120. The van der Waals surface area contributed by atoms with Gasteiger partial charge >= 0.3 is 0 Å². The van der Waals surface area contributed by atoms with Crippen LogP contribution in [-0.4, -0.2) is 15.9 Å². The summed E-state index contributed by atoms with van der Waals surface area (Å²) in [6.07, 6.45) is 3.79. The number of amides is 1. The molecule has 0 aliphatic heterocycles. The number of H-pyrrole nitrogens is 1. The molecular weight excluding hydrogens is 266 g/mol. The predicted octanol–water partition coefficient (Wildman–Crippen LogP) is 2.37. The van der Waals surface area contributed by atoms with Crippen molar-refractivity contribution in [3.05, 3.63) is 44.6 Å². The molecule has 0 spiro atoms. The molecule has 0 aromatic carbocycles. The van der Waals surface area contributed by atoms with Crippen molar-refractivity contribution in [3.8, 4) is 0 Å². The molecule has 2 aromatic heterocycles. The highest BCUT2D eigenvalue weighted by Crippen LogP contribution is 2.14. The summed E-state index contributed by atoms with van der Waals surface area (Å²) >= 11 is 6.49. The Bertz CT molecular complexity index is 589. The number of nitrogens with one attached hydrogen (secondary N) is 2. The Labute approximate surface area is 114 Å². The van der Waals surface area contributed by atoms with E-state index >= 15 is 0 Å². The predicted molar refractivity (Wildman–Crippen MR) is 74.0 cm³/mol. The van der Waals surface area contributed by atoms with E-state index in [2.05, 4.69) is 15.3 Å². The summed E-state index contributed by atoms with van der Waals surface area (Å²) in [4.78, 5) is 19.7. The summed E-state index contributed by atoms with van der Waals surface area (Å²) in [6.45, 7) is 2.45. The number of pyridine rings is 1. The van der Waals surface area contributed by atoms with E-state index in [9.17, 15) is 4.79 Å². The van der Waals surface area contributed by atoms with Gasteiger partial charge in [-0.05, 0) is 36.8 Å². The number of aryl methyl sites for hydroxylation is 1. The van der Waals surface area contributed by atoms with E-state index in [1.54, 1.807) is 12.4 Å². The fourth-order valence-electron chi connectivity index (χ4n) is 1.52. The maximum Gasteiger partial charge on any atom is 0.225 e. The van der Waals surface area contributed by atoms with Crippen LogP contribution < -0.4 is 5.32 Å². The topological polar surface area (TPSA) is 57.8 Å². The second-order valence-electron chi connectivity index (χ2n) is 3.87. The van der Waals surface area contributed by atoms with Gasteiger partial charge in [-0.3, -0.25) is 9.78 Å². The number of rotatable bonds is 4. The van der Waals surface area contributed by atoms with Gasteiger partial charge in [0.05, 0.1) is 6.42 Å². The average Bonchev–Trinajstić information content (AvgIpc) is 2.67. The number of hydrogen-bond acceptors (Lipinski definition) is 4. The van der Waals surface area contributed by atoms with E-state index in [4.69, 9.17) is 12.2 Å². The number of carbonyl (C=O) groups is 1. The Morgan fingerprint density at radius 2 is 2.22 bits per heavy atom. The second kappa shape index (κ2) is 5.88. The molecule has 0 aliphatic rings. The van der Waals surface area contributed by atoms with Crippen molar-refractivity contribution in [1.29, 1.82) is 0 Å². The minimum absolute atomic E-state index is 0.000150. The van der Waals surface area contributed by atoms with E-state index in [0.29, 0.717) is 16.9 Å². The molecule has 0 aliphatic carbocycles. The van der Waals surface area contributed by atoms with Gasteiger partial charge in [0.25, 0.3) is 0 Å². The van der Waals surface area contributed by atoms with Gasteiger partial charge in [-0.25, -0.2) is 0 Å². The quantitative estimate of drug-likeness (QED) is 0.845. The van der Waals surface area contributed by atoms with Crippen LogP contribution in [0.3, 0.4) is 0 Å². The van der Waals surface area contributed by atoms with Crippen molar-refractivity contribution in [2.45, 2.75) is 19.9 Å². The zero-order valence-electron chi connectivity index (χ0n) is 9.90. The zero-order chi connectivity index (χ0) is 13.0. The zero-order valence-corrected chi connectivity index (χ0v) is 11.5. The first-order valence-electron chi connectivity index (χ1n) is 5.49. The highest BCUT2D eigenvalue weighted by molar-refractivity contribution is 7.73. The third kappa shape index (κ3) is 3.48. The summed E-state index contributed by atoms with van der Waals surface area (Å²) in [7, 11) is 0.